The summed E-state index contributed by atoms with van der Waals surface area (Å²) < 4.78 is 0. The summed E-state index contributed by atoms with van der Waals surface area (Å²) in [7, 11) is 0. The second-order valence-corrected chi connectivity index (χ2v) is 3.04. The van der Waals surface area contributed by atoms with Crippen LogP contribution in [-0.2, 0) is 0 Å². The number of allylic oxidation sites excluding steroid dienone is 2. The lowest BCUT2D eigenvalue weighted by Crippen LogP contribution is -1.93. The molecule has 0 aliphatic rings. The summed E-state index contributed by atoms with van der Waals surface area (Å²) in [5, 5.41) is 0. The summed E-state index contributed by atoms with van der Waals surface area (Å²) in [4.78, 5) is 11.4. The van der Waals surface area contributed by atoms with E-state index in [-0.39, 0.29) is 5.78 Å². The Labute approximate surface area is 79.1 Å². The molecule has 1 heteroatoms. The molecule has 0 bridgehead atoms. The van der Waals surface area contributed by atoms with Crippen LogP contribution in [0.15, 0.2) is 36.4 Å². The number of aryl methyl sites for hydroxylation is 1. The minimum atomic E-state index is 0.0850. The molecule has 0 saturated carbocycles. The van der Waals surface area contributed by atoms with E-state index in [0.29, 0.717) is 0 Å². The van der Waals surface area contributed by atoms with E-state index < -0.39 is 0 Å². The number of ketones is 1. The molecular weight excluding hydrogens is 160 g/mol. The van der Waals surface area contributed by atoms with Crippen LogP contribution in [0.5, 0.6) is 0 Å². The first-order valence-corrected chi connectivity index (χ1v) is 4.51. The van der Waals surface area contributed by atoms with E-state index in [1.807, 2.05) is 44.2 Å². The van der Waals surface area contributed by atoms with E-state index in [9.17, 15) is 4.79 Å². The molecule has 68 valence electrons. The highest BCUT2D eigenvalue weighted by Crippen LogP contribution is 2.04. The second kappa shape index (κ2) is 4.61. The Hall–Kier alpha value is -1.37. The fourth-order valence-electron chi connectivity index (χ4n) is 1.04. The SMILES string of the molecule is CC/C=C/C(=O)c1ccc(C)cc1. The summed E-state index contributed by atoms with van der Waals surface area (Å²) >= 11 is 0. The van der Waals surface area contributed by atoms with Gasteiger partial charge in [0, 0.05) is 5.56 Å². The zero-order chi connectivity index (χ0) is 9.68. The monoisotopic (exact) mass is 174 g/mol. The van der Waals surface area contributed by atoms with Gasteiger partial charge in [-0.25, -0.2) is 0 Å². The van der Waals surface area contributed by atoms with Crippen LogP contribution >= 0.6 is 0 Å². The van der Waals surface area contributed by atoms with Gasteiger partial charge in [0.2, 0.25) is 0 Å². The van der Waals surface area contributed by atoms with Crippen LogP contribution in [0.4, 0.5) is 0 Å². The largest absolute Gasteiger partial charge is 0.289 e. The smallest absolute Gasteiger partial charge is 0.185 e. The lowest BCUT2D eigenvalue weighted by molar-refractivity contribution is 0.104. The molecule has 0 heterocycles. The number of rotatable bonds is 3. The molecule has 0 radical (unpaired) electrons. The predicted octanol–water partition coefficient (Wildman–Crippen LogP) is 3.14. The lowest BCUT2D eigenvalue weighted by atomic mass is 10.1. The fraction of sp³-hybridized carbons (Fsp3) is 0.250. The zero-order valence-corrected chi connectivity index (χ0v) is 8.08. The maximum Gasteiger partial charge on any atom is 0.185 e. The number of carbonyl (C=O) groups excluding carboxylic acids is 1. The van der Waals surface area contributed by atoms with Gasteiger partial charge in [0.1, 0.15) is 0 Å². The van der Waals surface area contributed by atoms with Gasteiger partial charge in [-0.1, -0.05) is 42.8 Å². The average molecular weight is 174 g/mol. The van der Waals surface area contributed by atoms with Gasteiger partial charge in [-0.05, 0) is 19.4 Å². The van der Waals surface area contributed by atoms with E-state index in [2.05, 4.69) is 0 Å². The van der Waals surface area contributed by atoms with Gasteiger partial charge in [0.25, 0.3) is 0 Å². The Balaban J connectivity index is 2.78. The van der Waals surface area contributed by atoms with Crippen molar-refractivity contribution in [3.8, 4) is 0 Å². The van der Waals surface area contributed by atoms with E-state index in [1.54, 1.807) is 6.08 Å². The third-order valence-electron chi connectivity index (χ3n) is 1.84. The third-order valence-corrected chi connectivity index (χ3v) is 1.84. The highest BCUT2D eigenvalue weighted by molar-refractivity contribution is 6.04. The third kappa shape index (κ3) is 2.86. The van der Waals surface area contributed by atoms with Crippen molar-refractivity contribution in [2.24, 2.45) is 0 Å². The first-order valence-electron chi connectivity index (χ1n) is 4.51. The van der Waals surface area contributed by atoms with E-state index >= 15 is 0 Å². The van der Waals surface area contributed by atoms with Crippen molar-refractivity contribution in [2.45, 2.75) is 20.3 Å². The van der Waals surface area contributed by atoms with Crippen LogP contribution in [0, 0.1) is 6.92 Å². The highest BCUT2D eigenvalue weighted by Gasteiger charge is 1.98. The van der Waals surface area contributed by atoms with Gasteiger partial charge in [0.05, 0.1) is 0 Å². The molecule has 0 aliphatic carbocycles. The molecule has 0 aliphatic heterocycles. The van der Waals surface area contributed by atoms with Gasteiger partial charge in [-0.2, -0.15) is 0 Å². The van der Waals surface area contributed by atoms with Crippen molar-refractivity contribution in [3.05, 3.63) is 47.5 Å². The van der Waals surface area contributed by atoms with Crippen molar-refractivity contribution in [1.29, 1.82) is 0 Å². The van der Waals surface area contributed by atoms with Crippen molar-refractivity contribution < 1.29 is 4.79 Å². The molecule has 0 aromatic heterocycles. The Morgan fingerprint density at radius 1 is 1.31 bits per heavy atom. The molecule has 1 aromatic rings. The first-order chi connectivity index (χ1) is 6.24. The molecular formula is C12H14O. The molecule has 0 N–H and O–H groups in total. The van der Waals surface area contributed by atoms with Crippen molar-refractivity contribution in [2.75, 3.05) is 0 Å². The Bertz CT molecular complexity index is 306. The number of benzene rings is 1. The van der Waals surface area contributed by atoms with Gasteiger partial charge >= 0.3 is 0 Å². The molecule has 0 spiro atoms. The van der Waals surface area contributed by atoms with Crippen molar-refractivity contribution in [3.63, 3.8) is 0 Å². The molecule has 0 amide bonds. The normalized spacial score (nSPS) is 10.6. The van der Waals surface area contributed by atoms with Crippen LogP contribution in [0.3, 0.4) is 0 Å². The molecule has 0 saturated heterocycles. The minimum absolute atomic E-state index is 0.0850. The highest BCUT2D eigenvalue weighted by atomic mass is 16.1. The van der Waals surface area contributed by atoms with Crippen molar-refractivity contribution in [1.82, 2.24) is 0 Å². The number of hydrogen-bond donors (Lipinski definition) is 0. The Morgan fingerprint density at radius 3 is 2.46 bits per heavy atom. The molecule has 1 aromatic carbocycles. The molecule has 0 atom stereocenters. The number of carbonyl (C=O) groups is 1. The average Bonchev–Trinajstić information content (AvgIpc) is 2.15. The van der Waals surface area contributed by atoms with Crippen LogP contribution in [0.2, 0.25) is 0 Å². The van der Waals surface area contributed by atoms with E-state index in [0.717, 1.165) is 12.0 Å². The Morgan fingerprint density at radius 2 is 1.92 bits per heavy atom. The lowest BCUT2D eigenvalue weighted by Gasteiger charge is -1.95. The van der Waals surface area contributed by atoms with Gasteiger partial charge in [0.15, 0.2) is 5.78 Å². The van der Waals surface area contributed by atoms with Crippen LogP contribution in [-0.4, -0.2) is 5.78 Å². The summed E-state index contributed by atoms with van der Waals surface area (Å²) in [5.41, 5.74) is 1.94. The van der Waals surface area contributed by atoms with Gasteiger partial charge in [-0.15, -0.1) is 0 Å². The van der Waals surface area contributed by atoms with Crippen LogP contribution in [0.1, 0.15) is 29.3 Å². The Kier molecular flexibility index (Phi) is 3.44. The fourth-order valence-corrected chi connectivity index (χ4v) is 1.04. The molecule has 0 unspecified atom stereocenters. The standard InChI is InChI=1S/C12H14O/c1-3-4-5-12(13)11-8-6-10(2)7-9-11/h4-9H,3H2,1-2H3/b5-4+. The predicted molar refractivity (Wildman–Crippen MR) is 54.9 cm³/mol. The molecule has 1 rings (SSSR count). The minimum Gasteiger partial charge on any atom is -0.289 e. The topological polar surface area (TPSA) is 17.1 Å². The van der Waals surface area contributed by atoms with Crippen LogP contribution < -0.4 is 0 Å². The van der Waals surface area contributed by atoms with E-state index in [1.165, 1.54) is 5.56 Å². The maximum absolute atomic E-state index is 11.4. The second-order valence-electron chi connectivity index (χ2n) is 3.04. The van der Waals surface area contributed by atoms with E-state index in [4.69, 9.17) is 0 Å². The van der Waals surface area contributed by atoms with Crippen LogP contribution in [0.25, 0.3) is 0 Å². The number of hydrogen-bond acceptors (Lipinski definition) is 1. The molecule has 0 fully saturated rings. The molecule has 13 heavy (non-hydrogen) atoms. The van der Waals surface area contributed by atoms with Gasteiger partial charge in [-0.3, -0.25) is 4.79 Å². The van der Waals surface area contributed by atoms with Gasteiger partial charge < -0.3 is 0 Å². The maximum atomic E-state index is 11.4. The quantitative estimate of drug-likeness (QED) is 0.508. The summed E-state index contributed by atoms with van der Waals surface area (Å²) in [6.45, 7) is 4.02. The summed E-state index contributed by atoms with van der Waals surface area (Å²) in [6, 6.07) is 7.62. The van der Waals surface area contributed by atoms with Crippen molar-refractivity contribution >= 4 is 5.78 Å². The summed E-state index contributed by atoms with van der Waals surface area (Å²) in [5.74, 6) is 0.0850. The molecule has 1 nitrogen and oxygen atoms in total. The summed E-state index contributed by atoms with van der Waals surface area (Å²) in [6.07, 6.45) is 4.41. The zero-order valence-electron chi connectivity index (χ0n) is 8.08. The first kappa shape index (κ1) is 9.72.